The van der Waals surface area contributed by atoms with E-state index in [-0.39, 0.29) is 0 Å². The summed E-state index contributed by atoms with van der Waals surface area (Å²) < 4.78 is 2.38. The summed E-state index contributed by atoms with van der Waals surface area (Å²) >= 11 is 12.9. The van der Waals surface area contributed by atoms with Gasteiger partial charge in [-0.05, 0) is 68.2 Å². The first-order chi connectivity index (χ1) is 15.1. The molecule has 5 rings (SSSR count). The lowest BCUT2D eigenvalue weighted by molar-refractivity contribution is 0.196. The molecule has 1 unspecified atom stereocenters. The molecule has 1 aliphatic rings. The number of benzene rings is 2. The Labute approximate surface area is 193 Å². The average molecular weight is 450 g/mol. The van der Waals surface area contributed by atoms with Crippen molar-refractivity contribution in [1.29, 1.82) is 0 Å². The van der Waals surface area contributed by atoms with Gasteiger partial charge in [0, 0.05) is 58.8 Å². The van der Waals surface area contributed by atoms with Crippen molar-refractivity contribution in [3.63, 3.8) is 0 Å². The molecule has 0 amide bonds. The van der Waals surface area contributed by atoms with Crippen molar-refractivity contribution < 1.29 is 0 Å². The van der Waals surface area contributed by atoms with E-state index in [0.29, 0.717) is 5.92 Å². The summed E-state index contributed by atoms with van der Waals surface area (Å²) in [5.41, 5.74) is 5.48. The maximum absolute atomic E-state index is 6.71. The highest BCUT2D eigenvalue weighted by atomic mass is 35.5. The van der Waals surface area contributed by atoms with Gasteiger partial charge in [0.2, 0.25) is 0 Å². The van der Waals surface area contributed by atoms with Crippen LogP contribution in [0.25, 0.3) is 33.2 Å². The van der Waals surface area contributed by atoms with E-state index < -0.39 is 0 Å². The Kier molecular flexibility index (Phi) is 5.75. The molecule has 2 aromatic heterocycles. The van der Waals surface area contributed by atoms with E-state index in [1.54, 1.807) is 0 Å². The van der Waals surface area contributed by atoms with Crippen molar-refractivity contribution in [2.75, 3.05) is 20.1 Å². The summed E-state index contributed by atoms with van der Waals surface area (Å²) in [5.74, 6) is 0.650. The van der Waals surface area contributed by atoms with Crippen LogP contribution in [0.1, 0.15) is 12.8 Å². The van der Waals surface area contributed by atoms with Crippen LogP contribution in [0.4, 0.5) is 0 Å². The number of likely N-dealkylation sites (tertiary alicyclic amines) is 1. The first kappa shape index (κ1) is 20.6. The molecule has 31 heavy (non-hydrogen) atoms. The third-order valence-corrected chi connectivity index (χ3v) is 6.79. The first-order valence-corrected chi connectivity index (χ1v) is 11.5. The Morgan fingerprint density at radius 2 is 1.84 bits per heavy atom. The van der Waals surface area contributed by atoms with Crippen LogP contribution >= 0.6 is 23.2 Å². The van der Waals surface area contributed by atoms with Crippen molar-refractivity contribution in [2.45, 2.75) is 19.4 Å². The third kappa shape index (κ3) is 4.23. The fraction of sp³-hybridized carbons (Fsp3) is 0.269. The highest BCUT2D eigenvalue weighted by Crippen LogP contribution is 2.37. The van der Waals surface area contributed by atoms with Gasteiger partial charge >= 0.3 is 0 Å². The Balaban J connectivity index is 1.58. The summed E-state index contributed by atoms with van der Waals surface area (Å²) in [6.07, 6.45) is 8.59. The number of halogens is 2. The number of nitrogens with zero attached hydrogens (tertiary/aromatic N) is 3. The van der Waals surface area contributed by atoms with Crippen LogP contribution in [0.15, 0.2) is 67.1 Å². The summed E-state index contributed by atoms with van der Waals surface area (Å²) in [7, 11) is 2.22. The van der Waals surface area contributed by atoms with Crippen LogP contribution in [-0.4, -0.2) is 34.6 Å². The minimum Gasteiger partial charge on any atom is -0.346 e. The summed E-state index contributed by atoms with van der Waals surface area (Å²) in [5, 5.41) is 2.60. The van der Waals surface area contributed by atoms with Gasteiger partial charge in [0.1, 0.15) is 0 Å². The molecule has 1 aliphatic heterocycles. The minimum absolute atomic E-state index is 0.650. The van der Waals surface area contributed by atoms with E-state index in [1.807, 2.05) is 42.7 Å². The van der Waals surface area contributed by atoms with Crippen molar-refractivity contribution in [2.24, 2.45) is 5.92 Å². The molecule has 0 bridgehead atoms. The Hall–Kier alpha value is -2.33. The lowest BCUT2D eigenvalue weighted by Gasteiger charge is -2.30. The quantitative estimate of drug-likeness (QED) is 0.333. The number of hydrogen-bond acceptors (Lipinski definition) is 2. The molecule has 4 aromatic rings. The van der Waals surface area contributed by atoms with Gasteiger partial charge in [0.25, 0.3) is 0 Å². The first-order valence-electron chi connectivity index (χ1n) is 10.8. The van der Waals surface area contributed by atoms with Crippen molar-refractivity contribution in [3.05, 3.63) is 77.2 Å². The number of aromatic nitrogens is 2. The van der Waals surface area contributed by atoms with Gasteiger partial charge in [0.15, 0.2) is 0 Å². The Morgan fingerprint density at radius 1 is 1.00 bits per heavy atom. The molecule has 1 saturated heterocycles. The van der Waals surface area contributed by atoms with E-state index >= 15 is 0 Å². The topological polar surface area (TPSA) is 21.1 Å². The number of fused-ring (bicyclic) bond motifs is 1. The van der Waals surface area contributed by atoms with Gasteiger partial charge in [-0.2, -0.15) is 0 Å². The van der Waals surface area contributed by atoms with Crippen LogP contribution < -0.4 is 0 Å². The molecule has 0 spiro atoms. The largest absolute Gasteiger partial charge is 0.346 e. The van der Waals surface area contributed by atoms with Crippen LogP contribution in [-0.2, 0) is 6.54 Å². The predicted molar refractivity (Wildman–Crippen MR) is 131 cm³/mol. The van der Waals surface area contributed by atoms with Crippen LogP contribution in [0.5, 0.6) is 0 Å². The Bertz CT molecular complexity index is 1230. The molecular formula is C26H25Cl2N3. The van der Waals surface area contributed by atoms with E-state index in [4.69, 9.17) is 23.2 Å². The zero-order valence-corrected chi connectivity index (χ0v) is 19.1. The molecule has 158 valence electrons. The van der Waals surface area contributed by atoms with Crippen molar-refractivity contribution >= 4 is 34.1 Å². The smallest absolute Gasteiger partial charge is 0.0506 e. The lowest BCUT2D eigenvalue weighted by atomic mass is 9.98. The minimum atomic E-state index is 0.650. The van der Waals surface area contributed by atoms with E-state index in [2.05, 4.69) is 45.9 Å². The molecule has 1 fully saturated rings. The SMILES string of the molecule is CN1CCCC(Cn2cc(-c3cncc(-c4cccc(Cl)c4)c3)c3c(Cl)cccc32)C1. The van der Waals surface area contributed by atoms with E-state index in [9.17, 15) is 0 Å². The third-order valence-electron chi connectivity index (χ3n) is 6.24. The van der Waals surface area contributed by atoms with Gasteiger partial charge in [0.05, 0.1) is 10.5 Å². The lowest BCUT2D eigenvalue weighted by Crippen LogP contribution is -2.33. The normalized spacial score (nSPS) is 17.3. The van der Waals surface area contributed by atoms with Gasteiger partial charge in [-0.3, -0.25) is 4.98 Å². The van der Waals surface area contributed by atoms with Gasteiger partial charge in [-0.1, -0.05) is 41.4 Å². The molecular weight excluding hydrogens is 425 g/mol. The molecule has 5 heteroatoms. The second-order valence-electron chi connectivity index (χ2n) is 8.57. The maximum atomic E-state index is 6.71. The summed E-state index contributed by atoms with van der Waals surface area (Å²) in [4.78, 5) is 6.97. The second kappa shape index (κ2) is 8.66. The van der Waals surface area contributed by atoms with Gasteiger partial charge in [-0.15, -0.1) is 0 Å². The van der Waals surface area contributed by atoms with Gasteiger partial charge in [-0.25, -0.2) is 0 Å². The van der Waals surface area contributed by atoms with Crippen molar-refractivity contribution in [1.82, 2.24) is 14.5 Å². The number of pyridine rings is 1. The van der Waals surface area contributed by atoms with Gasteiger partial charge < -0.3 is 9.47 Å². The van der Waals surface area contributed by atoms with Crippen LogP contribution in [0, 0.1) is 5.92 Å². The number of piperidine rings is 1. The fourth-order valence-corrected chi connectivity index (χ4v) is 5.25. The van der Waals surface area contributed by atoms with E-state index in [1.165, 1.54) is 24.9 Å². The molecule has 0 saturated carbocycles. The van der Waals surface area contributed by atoms with Crippen molar-refractivity contribution in [3.8, 4) is 22.3 Å². The fourth-order valence-electron chi connectivity index (χ4n) is 4.79. The number of hydrogen-bond donors (Lipinski definition) is 0. The standard InChI is InChI=1S/C26H25Cl2N3/c1-30-10-4-5-18(15-30)16-31-17-23(26-24(28)8-3-9-25(26)31)21-11-20(13-29-14-21)19-6-2-7-22(27)12-19/h2-3,6-9,11-14,17-18H,4-5,10,15-16H2,1H3. The zero-order valence-electron chi connectivity index (χ0n) is 17.6. The molecule has 0 aliphatic carbocycles. The molecule has 3 nitrogen and oxygen atoms in total. The highest BCUT2D eigenvalue weighted by molar-refractivity contribution is 6.36. The maximum Gasteiger partial charge on any atom is 0.0506 e. The molecule has 0 N–H and O–H groups in total. The monoisotopic (exact) mass is 449 g/mol. The molecule has 0 radical (unpaired) electrons. The molecule has 1 atom stereocenters. The zero-order chi connectivity index (χ0) is 21.4. The Morgan fingerprint density at radius 3 is 2.68 bits per heavy atom. The van der Waals surface area contributed by atoms with E-state index in [0.717, 1.165) is 50.8 Å². The molecule has 3 heterocycles. The van der Waals surface area contributed by atoms with Crippen LogP contribution in [0.2, 0.25) is 10.0 Å². The molecule has 2 aromatic carbocycles. The van der Waals surface area contributed by atoms with Crippen LogP contribution in [0.3, 0.4) is 0 Å². The predicted octanol–water partition coefficient (Wildman–Crippen LogP) is 7.02. The number of rotatable bonds is 4. The summed E-state index contributed by atoms with van der Waals surface area (Å²) in [6.45, 7) is 3.34. The second-order valence-corrected chi connectivity index (χ2v) is 9.42. The highest BCUT2D eigenvalue weighted by Gasteiger charge is 2.20. The summed E-state index contributed by atoms with van der Waals surface area (Å²) in [6, 6.07) is 16.2. The average Bonchev–Trinajstić information content (AvgIpc) is 3.14.